The van der Waals surface area contributed by atoms with Crippen LogP contribution in [0.2, 0.25) is 0 Å². The molecule has 0 aromatic heterocycles. The molecule has 78 valence electrons. The largest absolute Gasteiger partial charge is 0.0614 e. The molecule has 0 bridgehead atoms. The van der Waals surface area contributed by atoms with Crippen LogP contribution >= 0.6 is 0 Å². The highest BCUT2D eigenvalue weighted by molar-refractivity contribution is 5.89. The van der Waals surface area contributed by atoms with Crippen LogP contribution in [0.4, 0.5) is 0 Å². The second-order valence-electron chi connectivity index (χ2n) is 5.23. The van der Waals surface area contributed by atoms with Crippen molar-refractivity contribution in [2.75, 3.05) is 0 Å². The van der Waals surface area contributed by atoms with E-state index in [1.165, 1.54) is 21.9 Å². The van der Waals surface area contributed by atoms with E-state index in [-0.39, 0.29) is 5.41 Å². The van der Waals surface area contributed by atoms with Crippen molar-refractivity contribution < 1.29 is 0 Å². The van der Waals surface area contributed by atoms with Crippen molar-refractivity contribution in [2.45, 2.75) is 33.1 Å². The Morgan fingerprint density at radius 3 is 2.07 bits per heavy atom. The first-order valence-corrected chi connectivity index (χ1v) is 5.49. The molecule has 0 radical (unpaired) electrons. The topological polar surface area (TPSA) is 0 Å². The average molecular weight is 198 g/mol. The summed E-state index contributed by atoms with van der Waals surface area (Å²) in [5.41, 5.74) is 3.01. The van der Waals surface area contributed by atoms with E-state index in [9.17, 15) is 0 Å². The van der Waals surface area contributed by atoms with Crippen molar-refractivity contribution in [2.24, 2.45) is 0 Å². The Morgan fingerprint density at radius 1 is 0.800 bits per heavy atom. The molecule has 0 unspecified atom stereocenters. The molecule has 2 rings (SSSR count). The third kappa shape index (κ3) is 1.77. The van der Waals surface area contributed by atoms with Gasteiger partial charge in [-0.1, -0.05) is 57.2 Å². The zero-order valence-corrected chi connectivity index (χ0v) is 9.96. The Kier molecular flexibility index (Phi) is 2.30. The number of fused-ring (bicyclic) bond motifs is 1. The van der Waals surface area contributed by atoms with Crippen molar-refractivity contribution in [3.05, 3.63) is 47.5 Å². The summed E-state index contributed by atoms with van der Waals surface area (Å²) in [5, 5.41) is 2.77. The molecule has 15 heavy (non-hydrogen) atoms. The normalized spacial score (nSPS) is 12.0. The van der Waals surface area contributed by atoms with E-state index in [1.807, 2.05) is 0 Å². The molecule has 0 aliphatic rings. The second kappa shape index (κ2) is 3.37. The van der Waals surface area contributed by atoms with Gasteiger partial charge in [0.25, 0.3) is 0 Å². The van der Waals surface area contributed by atoms with Gasteiger partial charge in [0.15, 0.2) is 0 Å². The number of aryl methyl sites for hydroxylation is 1. The van der Waals surface area contributed by atoms with Crippen LogP contribution < -0.4 is 0 Å². The van der Waals surface area contributed by atoms with E-state index in [1.54, 1.807) is 0 Å². The van der Waals surface area contributed by atoms with Gasteiger partial charge in [0.1, 0.15) is 0 Å². The standard InChI is InChI=1S/C15H18/c1-11-7-5-9-13-12(11)8-6-10-14(13)15(2,3)4/h5-10H,1-4H3. The van der Waals surface area contributed by atoms with Crippen LogP contribution in [0, 0.1) is 6.92 Å². The molecule has 0 aliphatic carbocycles. The van der Waals surface area contributed by atoms with Gasteiger partial charge in [-0.15, -0.1) is 0 Å². The van der Waals surface area contributed by atoms with E-state index >= 15 is 0 Å². The fourth-order valence-electron chi connectivity index (χ4n) is 2.12. The first kappa shape index (κ1) is 10.2. The molecule has 0 spiro atoms. The van der Waals surface area contributed by atoms with Crippen LogP contribution in [0.25, 0.3) is 10.8 Å². The molecule has 0 heteroatoms. The van der Waals surface area contributed by atoms with E-state index in [2.05, 4.69) is 64.1 Å². The lowest BCUT2D eigenvalue weighted by Crippen LogP contribution is -2.11. The second-order valence-corrected chi connectivity index (χ2v) is 5.23. The van der Waals surface area contributed by atoms with Gasteiger partial charge in [-0.25, -0.2) is 0 Å². The number of hydrogen-bond acceptors (Lipinski definition) is 0. The van der Waals surface area contributed by atoms with Crippen molar-refractivity contribution in [3.63, 3.8) is 0 Å². The smallest absolute Gasteiger partial charge is 0.0126 e. The van der Waals surface area contributed by atoms with E-state index in [0.717, 1.165) is 0 Å². The third-order valence-electron chi connectivity index (χ3n) is 2.95. The lowest BCUT2D eigenvalue weighted by Gasteiger charge is -2.21. The fraction of sp³-hybridized carbons (Fsp3) is 0.333. The summed E-state index contributed by atoms with van der Waals surface area (Å²) in [6.07, 6.45) is 0. The molecule has 0 nitrogen and oxygen atoms in total. The van der Waals surface area contributed by atoms with Crippen molar-refractivity contribution >= 4 is 10.8 Å². The van der Waals surface area contributed by atoms with E-state index < -0.39 is 0 Å². The first-order chi connectivity index (χ1) is 7.00. The number of benzene rings is 2. The predicted molar refractivity (Wildman–Crippen MR) is 67.4 cm³/mol. The molecular weight excluding hydrogens is 180 g/mol. The Balaban J connectivity index is 2.83. The fourth-order valence-corrected chi connectivity index (χ4v) is 2.12. The summed E-state index contributed by atoms with van der Waals surface area (Å²) in [4.78, 5) is 0. The maximum atomic E-state index is 2.27. The minimum atomic E-state index is 0.216. The first-order valence-electron chi connectivity index (χ1n) is 5.49. The predicted octanol–water partition coefficient (Wildman–Crippen LogP) is 4.45. The van der Waals surface area contributed by atoms with Gasteiger partial charge in [0.2, 0.25) is 0 Å². The maximum absolute atomic E-state index is 2.27. The summed E-state index contributed by atoms with van der Waals surface area (Å²) in [7, 11) is 0. The van der Waals surface area contributed by atoms with Crippen LogP contribution in [0.5, 0.6) is 0 Å². The molecule has 0 saturated heterocycles. The van der Waals surface area contributed by atoms with Gasteiger partial charge in [0.05, 0.1) is 0 Å². The van der Waals surface area contributed by atoms with Gasteiger partial charge in [-0.3, -0.25) is 0 Å². The third-order valence-corrected chi connectivity index (χ3v) is 2.95. The van der Waals surface area contributed by atoms with Gasteiger partial charge in [0, 0.05) is 0 Å². The zero-order chi connectivity index (χ0) is 11.1. The SMILES string of the molecule is Cc1cccc2c(C(C)(C)C)cccc12. The molecule has 0 amide bonds. The lowest BCUT2D eigenvalue weighted by atomic mass is 9.83. The molecule has 0 aliphatic heterocycles. The highest BCUT2D eigenvalue weighted by Crippen LogP contribution is 2.30. The van der Waals surface area contributed by atoms with Crippen LogP contribution in [-0.2, 0) is 5.41 Å². The quantitative estimate of drug-likeness (QED) is 0.587. The summed E-state index contributed by atoms with van der Waals surface area (Å²) in [5.74, 6) is 0. The molecule has 0 atom stereocenters. The molecule has 2 aromatic carbocycles. The molecule has 0 saturated carbocycles. The Hall–Kier alpha value is -1.30. The maximum Gasteiger partial charge on any atom is -0.0126 e. The Morgan fingerprint density at radius 2 is 1.40 bits per heavy atom. The van der Waals surface area contributed by atoms with Gasteiger partial charge < -0.3 is 0 Å². The van der Waals surface area contributed by atoms with Crippen LogP contribution in [-0.4, -0.2) is 0 Å². The van der Waals surface area contributed by atoms with Crippen LogP contribution in [0.1, 0.15) is 31.9 Å². The molecule has 0 N–H and O–H groups in total. The molecular formula is C15H18. The van der Waals surface area contributed by atoms with Gasteiger partial charge >= 0.3 is 0 Å². The van der Waals surface area contributed by atoms with Gasteiger partial charge in [-0.2, -0.15) is 0 Å². The van der Waals surface area contributed by atoms with E-state index in [4.69, 9.17) is 0 Å². The highest BCUT2D eigenvalue weighted by Gasteiger charge is 2.16. The van der Waals surface area contributed by atoms with Crippen molar-refractivity contribution in [1.82, 2.24) is 0 Å². The number of rotatable bonds is 0. The van der Waals surface area contributed by atoms with Gasteiger partial charge in [-0.05, 0) is 34.2 Å². The van der Waals surface area contributed by atoms with E-state index in [0.29, 0.717) is 0 Å². The minimum absolute atomic E-state index is 0.216. The lowest BCUT2D eigenvalue weighted by molar-refractivity contribution is 0.596. The molecule has 0 heterocycles. The Labute approximate surface area is 91.9 Å². The summed E-state index contributed by atoms with van der Waals surface area (Å²) in [6.45, 7) is 8.98. The number of hydrogen-bond donors (Lipinski definition) is 0. The minimum Gasteiger partial charge on any atom is -0.0614 e. The highest BCUT2D eigenvalue weighted by atomic mass is 14.2. The monoisotopic (exact) mass is 198 g/mol. The van der Waals surface area contributed by atoms with Crippen molar-refractivity contribution in [3.8, 4) is 0 Å². The van der Waals surface area contributed by atoms with Crippen LogP contribution in [0.15, 0.2) is 36.4 Å². The van der Waals surface area contributed by atoms with Crippen LogP contribution in [0.3, 0.4) is 0 Å². The molecule has 2 aromatic rings. The van der Waals surface area contributed by atoms with Crippen molar-refractivity contribution in [1.29, 1.82) is 0 Å². The summed E-state index contributed by atoms with van der Waals surface area (Å²) >= 11 is 0. The molecule has 0 fully saturated rings. The summed E-state index contributed by atoms with van der Waals surface area (Å²) < 4.78 is 0. The average Bonchev–Trinajstić information content (AvgIpc) is 2.16. The Bertz CT molecular complexity index is 487. The zero-order valence-electron chi connectivity index (χ0n) is 9.96. The summed E-state index contributed by atoms with van der Waals surface area (Å²) in [6, 6.07) is 13.2.